The average Bonchev–Trinajstić information content (AvgIpc) is 3.34. The summed E-state index contributed by atoms with van der Waals surface area (Å²) >= 11 is 0. The zero-order chi connectivity index (χ0) is 23.6. The average molecular weight is 451 g/mol. The first-order chi connectivity index (χ1) is 17.1. The van der Waals surface area contributed by atoms with Crippen molar-refractivity contribution in [3.63, 3.8) is 0 Å². The Morgan fingerprint density at radius 2 is 1.20 bits per heavy atom. The Morgan fingerprint density at radius 1 is 0.543 bits per heavy atom. The first-order valence-corrected chi connectivity index (χ1v) is 12.2. The van der Waals surface area contributed by atoms with Gasteiger partial charge in [-0.05, 0) is 70.8 Å². The van der Waals surface area contributed by atoms with Gasteiger partial charge in [-0.2, -0.15) is 0 Å². The van der Waals surface area contributed by atoms with Crippen LogP contribution in [0.2, 0.25) is 0 Å². The van der Waals surface area contributed by atoms with Crippen molar-refractivity contribution in [1.29, 1.82) is 0 Å². The Morgan fingerprint density at radius 3 is 2.09 bits per heavy atom. The number of nitrogens with zero attached hydrogens (tertiary/aromatic N) is 1. The van der Waals surface area contributed by atoms with Gasteiger partial charge in [0.2, 0.25) is 0 Å². The zero-order valence-electron chi connectivity index (χ0n) is 19.9. The molecule has 0 radical (unpaired) electrons. The third-order valence-electron chi connectivity index (χ3n) is 7.56. The molecule has 0 saturated heterocycles. The van der Waals surface area contributed by atoms with Crippen molar-refractivity contribution in [3.05, 3.63) is 126 Å². The van der Waals surface area contributed by atoms with Crippen molar-refractivity contribution in [1.82, 2.24) is 4.57 Å². The van der Waals surface area contributed by atoms with Gasteiger partial charge in [-0.1, -0.05) is 80.6 Å². The molecule has 0 saturated carbocycles. The molecule has 2 nitrogen and oxygen atoms in total. The van der Waals surface area contributed by atoms with Gasteiger partial charge in [-0.15, -0.1) is 0 Å². The molecule has 1 aliphatic rings. The molecule has 35 heavy (non-hydrogen) atoms. The standard InChI is InChI=1S/C33H26N2/c1-33(2)29-14-8-6-12-25(29)26-18-16-23(21-30(26)33)34-22-17-19-32-28(20-22)27-13-7-9-15-31(27)35(32)24-10-4-3-5-11-24/h3-21,34H,1-2H3. The lowest BCUT2D eigenvalue weighted by Gasteiger charge is -2.22. The van der Waals surface area contributed by atoms with Gasteiger partial charge in [0.1, 0.15) is 0 Å². The number of fused-ring (bicyclic) bond motifs is 6. The first-order valence-electron chi connectivity index (χ1n) is 12.2. The van der Waals surface area contributed by atoms with Crippen molar-refractivity contribution < 1.29 is 0 Å². The number of hydrogen-bond acceptors (Lipinski definition) is 1. The van der Waals surface area contributed by atoms with Crippen LogP contribution >= 0.6 is 0 Å². The van der Waals surface area contributed by atoms with Crippen molar-refractivity contribution in [2.45, 2.75) is 19.3 Å². The van der Waals surface area contributed by atoms with E-state index < -0.39 is 0 Å². The summed E-state index contributed by atoms with van der Waals surface area (Å²) in [7, 11) is 0. The lowest BCUT2D eigenvalue weighted by atomic mass is 9.82. The summed E-state index contributed by atoms with van der Waals surface area (Å²) in [6, 6.07) is 41.5. The van der Waals surface area contributed by atoms with E-state index in [-0.39, 0.29) is 5.41 Å². The SMILES string of the molecule is CC1(C)c2ccccc2-c2ccc(Nc3ccc4c(c3)c3ccccc3n4-c3ccccc3)cc21. The number of anilines is 2. The molecule has 5 aromatic carbocycles. The molecule has 1 heterocycles. The zero-order valence-corrected chi connectivity index (χ0v) is 19.9. The molecule has 1 N–H and O–H groups in total. The number of aromatic nitrogens is 1. The van der Waals surface area contributed by atoms with E-state index in [2.05, 4.69) is 139 Å². The van der Waals surface area contributed by atoms with Gasteiger partial charge in [-0.25, -0.2) is 0 Å². The fourth-order valence-corrected chi connectivity index (χ4v) is 5.85. The fourth-order valence-electron chi connectivity index (χ4n) is 5.85. The minimum Gasteiger partial charge on any atom is -0.355 e. The molecular formula is C33H26N2. The van der Waals surface area contributed by atoms with Crippen molar-refractivity contribution in [3.8, 4) is 16.8 Å². The van der Waals surface area contributed by atoms with Crippen molar-refractivity contribution in [2.24, 2.45) is 0 Å². The predicted molar refractivity (Wildman–Crippen MR) is 148 cm³/mol. The largest absolute Gasteiger partial charge is 0.355 e. The quantitative estimate of drug-likeness (QED) is 0.285. The van der Waals surface area contributed by atoms with E-state index in [1.807, 2.05) is 0 Å². The van der Waals surface area contributed by atoms with Crippen LogP contribution < -0.4 is 5.32 Å². The maximum atomic E-state index is 3.69. The molecule has 0 atom stereocenters. The summed E-state index contributed by atoms with van der Waals surface area (Å²) in [5.74, 6) is 0. The molecule has 2 heteroatoms. The Bertz CT molecular complexity index is 1740. The molecule has 0 bridgehead atoms. The normalized spacial score (nSPS) is 13.7. The smallest absolute Gasteiger partial charge is 0.0542 e. The second-order valence-electron chi connectivity index (χ2n) is 9.98. The molecule has 1 aliphatic carbocycles. The highest BCUT2D eigenvalue weighted by Gasteiger charge is 2.35. The van der Waals surface area contributed by atoms with Gasteiger partial charge < -0.3 is 9.88 Å². The maximum absolute atomic E-state index is 3.69. The number of benzene rings is 5. The minimum atomic E-state index is -0.00330. The van der Waals surface area contributed by atoms with E-state index in [0.29, 0.717) is 0 Å². The second-order valence-corrected chi connectivity index (χ2v) is 9.98. The maximum Gasteiger partial charge on any atom is 0.0542 e. The van der Waals surface area contributed by atoms with Crippen LogP contribution in [0.4, 0.5) is 11.4 Å². The number of para-hydroxylation sites is 2. The fraction of sp³-hybridized carbons (Fsp3) is 0.0909. The topological polar surface area (TPSA) is 17.0 Å². The van der Waals surface area contributed by atoms with Crippen LogP contribution in [0.3, 0.4) is 0 Å². The Balaban J connectivity index is 1.33. The van der Waals surface area contributed by atoms with E-state index in [0.717, 1.165) is 11.4 Å². The monoisotopic (exact) mass is 450 g/mol. The highest BCUT2D eigenvalue weighted by Crippen LogP contribution is 2.49. The van der Waals surface area contributed by atoms with E-state index in [4.69, 9.17) is 0 Å². The van der Waals surface area contributed by atoms with E-state index in [1.165, 1.54) is 49.7 Å². The van der Waals surface area contributed by atoms with E-state index in [9.17, 15) is 0 Å². The van der Waals surface area contributed by atoms with Crippen molar-refractivity contribution in [2.75, 3.05) is 5.32 Å². The lowest BCUT2D eigenvalue weighted by molar-refractivity contribution is 0.660. The van der Waals surface area contributed by atoms with Gasteiger partial charge in [0.05, 0.1) is 11.0 Å². The lowest BCUT2D eigenvalue weighted by Crippen LogP contribution is -2.15. The summed E-state index contributed by atoms with van der Waals surface area (Å²) in [5, 5.41) is 6.21. The van der Waals surface area contributed by atoms with Crippen LogP contribution in [0.5, 0.6) is 0 Å². The molecule has 6 aromatic rings. The van der Waals surface area contributed by atoms with Crippen LogP contribution in [-0.4, -0.2) is 4.57 Å². The van der Waals surface area contributed by atoms with Gasteiger partial charge in [0, 0.05) is 33.2 Å². The number of hydrogen-bond donors (Lipinski definition) is 1. The van der Waals surface area contributed by atoms with Gasteiger partial charge in [0.15, 0.2) is 0 Å². The summed E-state index contributed by atoms with van der Waals surface area (Å²) in [6.07, 6.45) is 0. The van der Waals surface area contributed by atoms with Crippen molar-refractivity contribution >= 4 is 33.2 Å². The summed E-state index contributed by atoms with van der Waals surface area (Å²) in [4.78, 5) is 0. The predicted octanol–water partition coefficient (Wildman–Crippen LogP) is 8.83. The summed E-state index contributed by atoms with van der Waals surface area (Å²) in [6.45, 7) is 4.65. The Kier molecular flexibility index (Phi) is 4.22. The molecule has 0 aliphatic heterocycles. The molecule has 168 valence electrons. The highest BCUT2D eigenvalue weighted by atomic mass is 15.0. The number of nitrogens with one attached hydrogen (secondary N) is 1. The molecular weight excluding hydrogens is 424 g/mol. The van der Waals surface area contributed by atoms with Crippen LogP contribution in [0.15, 0.2) is 115 Å². The molecule has 0 spiro atoms. The van der Waals surface area contributed by atoms with Crippen LogP contribution in [-0.2, 0) is 5.41 Å². The first kappa shape index (κ1) is 20.1. The second kappa shape index (κ2) is 7.35. The van der Waals surface area contributed by atoms with Gasteiger partial charge >= 0.3 is 0 Å². The van der Waals surface area contributed by atoms with Crippen LogP contribution in [0.1, 0.15) is 25.0 Å². The molecule has 0 unspecified atom stereocenters. The third kappa shape index (κ3) is 2.96. The summed E-state index contributed by atoms with van der Waals surface area (Å²) < 4.78 is 2.35. The van der Waals surface area contributed by atoms with Crippen LogP contribution in [0, 0.1) is 0 Å². The third-order valence-corrected chi connectivity index (χ3v) is 7.56. The molecule has 0 amide bonds. The van der Waals surface area contributed by atoms with Crippen LogP contribution in [0.25, 0.3) is 38.6 Å². The van der Waals surface area contributed by atoms with E-state index in [1.54, 1.807) is 0 Å². The Hall–Kier alpha value is -4.30. The van der Waals surface area contributed by atoms with Gasteiger partial charge in [0.25, 0.3) is 0 Å². The highest BCUT2D eigenvalue weighted by molar-refractivity contribution is 6.10. The van der Waals surface area contributed by atoms with E-state index >= 15 is 0 Å². The molecule has 7 rings (SSSR count). The molecule has 1 aromatic heterocycles. The summed E-state index contributed by atoms with van der Waals surface area (Å²) in [5.41, 5.74) is 11.3. The number of rotatable bonds is 3. The Labute approximate surface area is 205 Å². The minimum absolute atomic E-state index is 0.00330. The molecule has 0 fully saturated rings. The van der Waals surface area contributed by atoms with Gasteiger partial charge in [-0.3, -0.25) is 0 Å².